The summed E-state index contributed by atoms with van der Waals surface area (Å²) in [5, 5.41) is 7.83. The Labute approximate surface area is 121 Å². The molecule has 102 valence electrons. The number of ether oxygens (including phenoxy) is 1. The lowest BCUT2D eigenvalue weighted by molar-refractivity contribution is 0.0460. The van der Waals surface area contributed by atoms with Crippen molar-refractivity contribution in [3.63, 3.8) is 0 Å². The molecule has 0 amide bonds. The van der Waals surface area contributed by atoms with E-state index < -0.39 is 0 Å². The van der Waals surface area contributed by atoms with Crippen molar-refractivity contribution in [1.29, 1.82) is 0 Å². The highest BCUT2D eigenvalue weighted by Gasteiger charge is 2.30. The Morgan fingerprint density at radius 1 is 1.61 bits per heavy atom. The van der Waals surface area contributed by atoms with Crippen molar-refractivity contribution < 1.29 is 4.74 Å². The van der Waals surface area contributed by atoms with E-state index in [1.807, 2.05) is 25.0 Å². The fourth-order valence-corrected chi connectivity index (χ4v) is 3.67. The summed E-state index contributed by atoms with van der Waals surface area (Å²) < 4.78 is 9.01. The van der Waals surface area contributed by atoms with Crippen molar-refractivity contribution in [2.75, 3.05) is 25.2 Å². The topological polar surface area (TPSA) is 39.1 Å². The van der Waals surface area contributed by atoms with E-state index in [9.17, 15) is 0 Å². The number of halogens is 1. The third-order valence-electron chi connectivity index (χ3n) is 3.10. The molecule has 1 N–H and O–H groups in total. The molecule has 18 heavy (non-hydrogen) atoms. The average molecular weight is 334 g/mol. The van der Waals surface area contributed by atoms with Crippen LogP contribution >= 0.6 is 27.7 Å². The van der Waals surface area contributed by atoms with E-state index in [1.165, 1.54) is 5.69 Å². The van der Waals surface area contributed by atoms with Crippen LogP contribution < -0.4 is 5.32 Å². The molecule has 1 saturated heterocycles. The molecule has 4 nitrogen and oxygen atoms in total. The van der Waals surface area contributed by atoms with E-state index >= 15 is 0 Å². The summed E-state index contributed by atoms with van der Waals surface area (Å²) in [4.78, 5) is 0. The summed E-state index contributed by atoms with van der Waals surface area (Å²) in [7, 11) is 1.98. The summed E-state index contributed by atoms with van der Waals surface area (Å²) in [6, 6.07) is 0.524. The Hall–Kier alpha value is -0.0400. The third-order valence-corrected chi connectivity index (χ3v) is 4.73. The predicted octanol–water partition coefficient (Wildman–Crippen LogP) is 2.62. The van der Waals surface area contributed by atoms with Gasteiger partial charge in [0, 0.05) is 17.5 Å². The number of hydrogen-bond donors (Lipinski definition) is 1. The standard InChI is InChI=1S/C12H20BrN3OS/c1-8(2)16-12(9(13)6-15-16)11(14-3)10-7-18-5-4-17-10/h6,8,10-11,14H,4-5,7H2,1-3H3. The first kappa shape index (κ1) is 14.4. The summed E-state index contributed by atoms with van der Waals surface area (Å²) in [5.41, 5.74) is 1.18. The second-order valence-electron chi connectivity index (χ2n) is 4.67. The molecule has 0 aromatic carbocycles. The smallest absolute Gasteiger partial charge is 0.0875 e. The minimum atomic E-state index is 0.178. The zero-order chi connectivity index (χ0) is 13.1. The van der Waals surface area contributed by atoms with Crippen LogP contribution in [-0.2, 0) is 4.74 Å². The number of nitrogens with zero attached hydrogens (tertiary/aromatic N) is 2. The van der Waals surface area contributed by atoms with Gasteiger partial charge in [-0.25, -0.2) is 0 Å². The van der Waals surface area contributed by atoms with Crippen LogP contribution in [0.1, 0.15) is 31.6 Å². The van der Waals surface area contributed by atoms with Crippen molar-refractivity contribution in [2.24, 2.45) is 0 Å². The number of likely N-dealkylation sites (N-methyl/N-ethyl adjacent to an activating group) is 1. The van der Waals surface area contributed by atoms with Gasteiger partial charge in [-0.2, -0.15) is 16.9 Å². The van der Waals surface area contributed by atoms with Gasteiger partial charge in [0.2, 0.25) is 0 Å². The van der Waals surface area contributed by atoms with E-state index in [2.05, 4.69) is 44.9 Å². The van der Waals surface area contributed by atoms with Crippen molar-refractivity contribution in [1.82, 2.24) is 15.1 Å². The van der Waals surface area contributed by atoms with Crippen molar-refractivity contribution in [3.05, 3.63) is 16.4 Å². The van der Waals surface area contributed by atoms with E-state index in [0.717, 1.165) is 22.6 Å². The molecule has 2 atom stereocenters. The number of aromatic nitrogens is 2. The van der Waals surface area contributed by atoms with E-state index in [0.29, 0.717) is 6.04 Å². The van der Waals surface area contributed by atoms with Crippen LogP contribution in [0.3, 0.4) is 0 Å². The van der Waals surface area contributed by atoms with Crippen LogP contribution in [0.25, 0.3) is 0 Å². The highest BCUT2D eigenvalue weighted by atomic mass is 79.9. The molecule has 2 unspecified atom stereocenters. The second-order valence-corrected chi connectivity index (χ2v) is 6.67. The molecule has 1 aliphatic heterocycles. The molecule has 2 rings (SSSR count). The van der Waals surface area contributed by atoms with Crippen molar-refractivity contribution >= 4 is 27.7 Å². The lowest BCUT2D eigenvalue weighted by atomic mass is 10.1. The largest absolute Gasteiger partial charge is 0.374 e. The molecule has 2 heterocycles. The first-order valence-electron chi connectivity index (χ1n) is 6.24. The predicted molar refractivity (Wildman–Crippen MR) is 79.2 cm³/mol. The maximum Gasteiger partial charge on any atom is 0.0875 e. The highest BCUT2D eigenvalue weighted by molar-refractivity contribution is 9.10. The van der Waals surface area contributed by atoms with Crippen LogP contribution in [0.15, 0.2) is 10.7 Å². The van der Waals surface area contributed by atoms with Crippen LogP contribution in [0.2, 0.25) is 0 Å². The summed E-state index contributed by atoms with van der Waals surface area (Å²) in [6.07, 6.45) is 2.08. The second kappa shape index (κ2) is 6.41. The fourth-order valence-electron chi connectivity index (χ4n) is 2.25. The van der Waals surface area contributed by atoms with Gasteiger partial charge in [0.15, 0.2) is 0 Å². The van der Waals surface area contributed by atoms with Gasteiger partial charge in [-0.15, -0.1) is 0 Å². The van der Waals surface area contributed by atoms with Crippen LogP contribution in [0.5, 0.6) is 0 Å². The minimum absolute atomic E-state index is 0.178. The van der Waals surface area contributed by atoms with E-state index in [4.69, 9.17) is 4.74 Å². The van der Waals surface area contributed by atoms with Crippen LogP contribution in [0.4, 0.5) is 0 Å². The van der Waals surface area contributed by atoms with Gasteiger partial charge >= 0.3 is 0 Å². The van der Waals surface area contributed by atoms with Gasteiger partial charge in [-0.05, 0) is 36.8 Å². The van der Waals surface area contributed by atoms with Gasteiger partial charge in [0.05, 0.1) is 35.1 Å². The van der Waals surface area contributed by atoms with Gasteiger partial charge in [-0.3, -0.25) is 4.68 Å². The number of hydrogen-bond acceptors (Lipinski definition) is 4. The van der Waals surface area contributed by atoms with Gasteiger partial charge in [0.25, 0.3) is 0 Å². The minimum Gasteiger partial charge on any atom is -0.374 e. The maximum absolute atomic E-state index is 5.90. The molecule has 0 radical (unpaired) electrons. The molecule has 0 spiro atoms. The van der Waals surface area contributed by atoms with Crippen molar-refractivity contribution in [2.45, 2.75) is 32.0 Å². The molecule has 1 aliphatic rings. The molecule has 1 aromatic heterocycles. The number of rotatable bonds is 4. The summed E-state index contributed by atoms with van der Waals surface area (Å²) >= 11 is 5.56. The molecule has 6 heteroatoms. The highest BCUT2D eigenvalue weighted by Crippen LogP contribution is 2.31. The Bertz CT molecular complexity index is 391. The van der Waals surface area contributed by atoms with Gasteiger partial charge in [-0.1, -0.05) is 0 Å². The first-order chi connectivity index (χ1) is 8.65. The van der Waals surface area contributed by atoms with Crippen LogP contribution in [-0.4, -0.2) is 41.0 Å². The van der Waals surface area contributed by atoms with Crippen molar-refractivity contribution in [3.8, 4) is 0 Å². The van der Waals surface area contributed by atoms with E-state index in [-0.39, 0.29) is 12.1 Å². The summed E-state index contributed by atoms with van der Waals surface area (Å²) in [5.74, 6) is 2.12. The molecule has 0 aliphatic carbocycles. The molecule has 0 saturated carbocycles. The first-order valence-corrected chi connectivity index (χ1v) is 8.19. The average Bonchev–Trinajstić information content (AvgIpc) is 2.74. The zero-order valence-corrected chi connectivity index (χ0v) is 13.4. The monoisotopic (exact) mass is 333 g/mol. The Morgan fingerprint density at radius 3 is 2.94 bits per heavy atom. The molecular weight excluding hydrogens is 314 g/mol. The molecular formula is C12H20BrN3OS. The Morgan fingerprint density at radius 2 is 2.39 bits per heavy atom. The molecule has 1 fully saturated rings. The molecule has 0 bridgehead atoms. The third kappa shape index (κ3) is 2.92. The maximum atomic E-state index is 5.90. The SMILES string of the molecule is CNC(c1c(Br)cnn1C(C)C)C1CSCCO1. The lowest BCUT2D eigenvalue weighted by Gasteiger charge is -2.31. The van der Waals surface area contributed by atoms with E-state index in [1.54, 1.807) is 0 Å². The summed E-state index contributed by atoms with van der Waals surface area (Å²) in [6.45, 7) is 5.12. The quantitative estimate of drug-likeness (QED) is 0.919. The Kier molecular flexibility index (Phi) is 5.12. The fraction of sp³-hybridized carbons (Fsp3) is 0.750. The Balaban J connectivity index is 2.28. The van der Waals surface area contributed by atoms with Crippen LogP contribution in [0, 0.1) is 0 Å². The zero-order valence-electron chi connectivity index (χ0n) is 11.0. The lowest BCUT2D eigenvalue weighted by Crippen LogP contribution is -2.38. The molecule has 1 aromatic rings. The normalized spacial score (nSPS) is 22.4. The van der Waals surface area contributed by atoms with Gasteiger partial charge < -0.3 is 10.1 Å². The van der Waals surface area contributed by atoms with Gasteiger partial charge in [0.1, 0.15) is 0 Å². The number of nitrogens with one attached hydrogen (secondary N) is 1. The number of thioether (sulfide) groups is 1.